The molecule has 3 nitrogen and oxygen atoms in total. The topological polar surface area (TPSA) is 55.1 Å². The van der Waals surface area contributed by atoms with Gasteiger partial charge in [-0.15, -0.1) is 11.3 Å². The Morgan fingerprint density at radius 2 is 2.05 bits per heavy atom. The summed E-state index contributed by atoms with van der Waals surface area (Å²) in [5.74, 6) is -2.80. The average molecular weight is 317 g/mol. The lowest BCUT2D eigenvalue weighted by Crippen LogP contribution is -2.27. The van der Waals surface area contributed by atoms with Gasteiger partial charge in [-0.3, -0.25) is 4.79 Å². The molecule has 1 amide bonds. The fourth-order valence-corrected chi connectivity index (χ4v) is 2.74. The molecular formula is C13H11ClF2N2OS. The zero-order chi connectivity index (χ0) is 14.7. The van der Waals surface area contributed by atoms with E-state index in [-0.39, 0.29) is 12.2 Å². The van der Waals surface area contributed by atoms with Crippen molar-refractivity contribution >= 4 is 34.5 Å². The number of hydrogen-bond acceptors (Lipinski definition) is 3. The number of nitrogen functional groups attached to an aromatic ring is 1. The molecule has 106 valence electrons. The van der Waals surface area contributed by atoms with E-state index in [1.807, 2.05) is 6.07 Å². The number of thiophene rings is 1. The molecule has 3 N–H and O–H groups in total. The van der Waals surface area contributed by atoms with Gasteiger partial charge in [-0.2, -0.15) is 0 Å². The summed E-state index contributed by atoms with van der Waals surface area (Å²) in [6.45, 7) is 0.253. The first-order valence-corrected chi connectivity index (χ1v) is 6.94. The molecule has 0 fully saturated rings. The van der Waals surface area contributed by atoms with Gasteiger partial charge in [-0.1, -0.05) is 11.6 Å². The van der Waals surface area contributed by atoms with Crippen molar-refractivity contribution in [1.29, 1.82) is 0 Å². The Labute approximate surface area is 123 Å². The van der Waals surface area contributed by atoms with Gasteiger partial charge in [0.1, 0.15) is 11.4 Å². The van der Waals surface area contributed by atoms with Crippen molar-refractivity contribution in [2.24, 2.45) is 0 Å². The lowest BCUT2D eigenvalue weighted by Gasteiger charge is -2.08. The molecule has 0 bridgehead atoms. The molecule has 1 heterocycles. The van der Waals surface area contributed by atoms with E-state index < -0.39 is 23.1 Å². The summed E-state index contributed by atoms with van der Waals surface area (Å²) in [6.07, 6.45) is 0.536. The fourth-order valence-electron chi connectivity index (χ4n) is 1.65. The Balaban J connectivity index is 2.00. The molecule has 0 aliphatic heterocycles. The fraction of sp³-hybridized carbons (Fsp3) is 0.154. The van der Waals surface area contributed by atoms with Gasteiger partial charge in [-0.25, -0.2) is 8.78 Å². The van der Waals surface area contributed by atoms with Crippen LogP contribution in [0.4, 0.5) is 14.5 Å². The van der Waals surface area contributed by atoms with Gasteiger partial charge < -0.3 is 11.1 Å². The highest BCUT2D eigenvalue weighted by Gasteiger charge is 2.19. The van der Waals surface area contributed by atoms with Gasteiger partial charge in [0.25, 0.3) is 5.91 Å². The maximum atomic E-state index is 13.6. The van der Waals surface area contributed by atoms with Crippen molar-refractivity contribution in [3.63, 3.8) is 0 Å². The van der Waals surface area contributed by atoms with Crippen LogP contribution < -0.4 is 11.1 Å². The molecule has 0 aliphatic carbocycles. The number of rotatable bonds is 4. The maximum absolute atomic E-state index is 13.6. The average Bonchev–Trinajstić information content (AvgIpc) is 2.80. The molecule has 1 aromatic carbocycles. The third kappa shape index (κ3) is 3.26. The van der Waals surface area contributed by atoms with Crippen molar-refractivity contribution < 1.29 is 13.6 Å². The highest BCUT2D eigenvalue weighted by atomic mass is 35.5. The minimum absolute atomic E-state index is 0.253. The third-order valence-electron chi connectivity index (χ3n) is 2.63. The molecule has 0 aliphatic rings. The van der Waals surface area contributed by atoms with Crippen LogP contribution in [0.3, 0.4) is 0 Å². The van der Waals surface area contributed by atoms with Crippen LogP contribution in [0.1, 0.15) is 15.2 Å². The summed E-state index contributed by atoms with van der Waals surface area (Å²) in [6, 6.07) is 5.63. The standard InChI is InChI=1S/C13H11ClF2N2OS/c14-10-4-1-7(20-10)5-6-18-13(19)11-8(15)2-3-9(17)12(11)16/h1-4H,5-6,17H2,(H,18,19). The number of nitrogens with one attached hydrogen (secondary N) is 1. The van der Waals surface area contributed by atoms with Crippen LogP contribution in [-0.4, -0.2) is 12.5 Å². The second kappa shape index (κ2) is 6.19. The molecule has 0 spiro atoms. The highest BCUT2D eigenvalue weighted by Crippen LogP contribution is 2.22. The number of nitrogens with two attached hydrogens (primary N) is 1. The lowest BCUT2D eigenvalue weighted by molar-refractivity contribution is 0.0946. The van der Waals surface area contributed by atoms with Crippen molar-refractivity contribution in [2.45, 2.75) is 6.42 Å². The third-order valence-corrected chi connectivity index (χ3v) is 3.92. The van der Waals surface area contributed by atoms with Gasteiger partial charge in [-0.05, 0) is 30.7 Å². The number of halogens is 3. The molecule has 2 rings (SSSR count). The SMILES string of the molecule is Nc1ccc(F)c(C(=O)NCCc2ccc(Cl)s2)c1F. The first-order valence-electron chi connectivity index (χ1n) is 5.75. The van der Waals surface area contributed by atoms with E-state index in [4.69, 9.17) is 17.3 Å². The minimum atomic E-state index is -1.04. The largest absolute Gasteiger partial charge is 0.396 e. The van der Waals surface area contributed by atoms with Gasteiger partial charge in [0.15, 0.2) is 5.82 Å². The van der Waals surface area contributed by atoms with E-state index in [9.17, 15) is 13.6 Å². The van der Waals surface area contributed by atoms with E-state index in [2.05, 4.69) is 5.32 Å². The predicted octanol–water partition coefficient (Wildman–Crippen LogP) is 3.23. The number of anilines is 1. The smallest absolute Gasteiger partial charge is 0.257 e. The first-order chi connectivity index (χ1) is 9.49. The number of carbonyl (C=O) groups excluding carboxylic acids is 1. The molecule has 0 atom stereocenters. The Kier molecular flexibility index (Phi) is 4.57. The number of benzene rings is 1. The van der Waals surface area contributed by atoms with E-state index in [1.54, 1.807) is 6.07 Å². The summed E-state index contributed by atoms with van der Waals surface area (Å²) in [5.41, 5.74) is 4.39. The van der Waals surface area contributed by atoms with E-state index >= 15 is 0 Å². The summed E-state index contributed by atoms with van der Waals surface area (Å²) in [5, 5.41) is 2.45. The molecule has 1 aromatic heterocycles. The van der Waals surface area contributed by atoms with Crippen LogP contribution in [-0.2, 0) is 6.42 Å². The Hall–Kier alpha value is -1.66. The quantitative estimate of drug-likeness (QED) is 0.851. The van der Waals surface area contributed by atoms with Crippen LogP contribution in [0.5, 0.6) is 0 Å². The minimum Gasteiger partial charge on any atom is -0.396 e. The Morgan fingerprint density at radius 3 is 2.70 bits per heavy atom. The molecule has 0 saturated carbocycles. The zero-order valence-electron chi connectivity index (χ0n) is 10.3. The summed E-state index contributed by atoms with van der Waals surface area (Å²) in [4.78, 5) is 12.7. The van der Waals surface area contributed by atoms with E-state index in [0.29, 0.717) is 10.8 Å². The normalized spacial score (nSPS) is 10.6. The van der Waals surface area contributed by atoms with E-state index in [0.717, 1.165) is 17.0 Å². The number of carbonyl (C=O) groups is 1. The van der Waals surface area contributed by atoms with Crippen molar-refractivity contribution in [1.82, 2.24) is 5.32 Å². The van der Waals surface area contributed by atoms with Crippen molar-refractivity contribution in [3.8, 4) is 0 Å². The second-order valence-corrected chi connectivity index (χ2v) is 5.84. The summed E-state index contributed by atoms with van der Waals surface area (Å²) < 4.78 is 27.7. The molecule has 0 unspecified atom stereocenters. The van der Waals surface area contributed by atoms with E-state index in [1.165, 1.54) is 11.3 Å². The highest BCUT2D eigenvalue weighted by molar-refractivity contribution is 7.16. The molecule has 20 heavy (non-hydrogen) atoms. The monoisotopic (exact) mass is 316 g/mol. The van der Waals surface area contributed by atoms with Crippen molar-refractivity contribution in [2.75, 3.05) is 12.3 Å². The van der Waals surface area contributed by atoms with Crippen LogP contribution in [0.15, 0.2) is 24.3 Å². The predicted molar refractivity (Wildman–Crippen MR) is 76.1 cm³/mol. The van der Waals surface area contributed by atoms with Gasteiger partial charge in [0, 0.05) is 11.4 Å². The number of amides is 1. The Bertz CT molecular complexity index is 645. The lowest BCUT2D eigenvalue weighted by atomic mass is 10.1. The molecular weight excluding hydrogens is 306 g/mol. The van der Waals surface area contributed by atoms with Crippen LogP contribution in [0.25, 0.3) is 0 Å². The molecule has 2 aromatic rings. The maximum Gasteiger partial charge on any atom is 0.257 e. The van der Waals surface area contributed by atoms with Crippen molar-refractivity contribution in [3.05, 3.63) is 50.7 Å². The number of hydrogen-bond donors (Lipinski definition) is 2. The molecule has 7 heteroatoms. The summed E-state index contributed by atoms with van der Waals surface area (Å²) >= 11 is 7.16. The van der Waals surface area contributed by atoms with Gasteiger partial charge in [0.2, 0.25) is 0 Å². The van der Waals surface area contributed by atoms with Crippen LogP contribution >= 0.6 is 22.9 Å². The summed E-state index contributed by atoms with van der Waals surface area (Å²) in [7, 11) is 0. The van der Waals surface area contributed by atoms with Gasteiger partial charge in [0.05, 0.1) is 10.0 Å². The molecule has 0 radical (unpaired) electrons. The second-order valence-electron chi connectivity index (χ2n) is 4.04. The molecule has 0 saturated heterocycles. The van der Waals surface area contributed by atoms with Gasteiger partial charge >= 0.3 is 0 Å². The Morgan fingerprint density at radius 1 is 1.30 bits per heavy atom. The van der Waals surface area contributed by atoms with Crippen LogP contribution in [0.2, 0.25) is 4.34 Å². The zero-order valence-corrected chi connectivity index (χ0v) is 11.8. The first kappa shape index (κ1) is 14.7. The van der Waals surface area contributed by atoms with Crippen LogP contribution in [0, 0.1) is 11.6 Å².